The number of fused-ring (bicyclic) bond motifs is 2. The van der Waals surface area contributed by atoms with E-state index >= 15 is 0 Å². The molecule has 236 valence electrons. The Balaban J connectivity index is 0.00000529. The molecule has 1 aliphatic heterocycles. The van der Waals surface area contributed by atoms with Crippen molar-refractivity contribution in [2.45, 2.75) is 44.8 Å². The summed E-state index contributed by atoms with van der Waals surface area (Å²) >= 11 is 0. The van der Waals surface area contributed by atoms with Gasteiger partial charge in [-0.25, -0.2) is 4.79 Å². The molecule has 0 radical (unpaired) electrons. The number of nitrogens with zero attached hydrogens (tertiary/aromatic N) is 2. The lowest BCUT2D eigenvalue weighted by Crippen LogP contribution is -2.55. The molecule has 4 N–H and O–H groups in total. The second kappa shape index (κ2) is 15.5. The molecule has 11 nitrogen and oxygen atoms in total. The number of nitrogens with one attached hydrogen (secondary N) is 2. The minimum atomic E-state index is -1.01. The maximum atomic E-state index is 14.3. The molecule has 3 aromatic carbocycles. The van der Waals surface area contributed by atoms with Crippen LogP contribution < -0.4 is 30.9 Å². The highest BCUT2D eigenvalue weighted by molar-refractivity contribution is 6.08. The molecule has 0 saturated heterocycles. The van der Waals surface area contributed by atoms with Crippen LogP contribution in [-0.4, -0.2) is 70.1 Å². The molecule has 2 atom stereocenters. The highest BCUT2D eigenvalue weighted by Gasteiger charge is 2.37. The first kappa shape index (κ1) is 34.3. The molecule has 4 rings (SSSR count). The van der Waals surface area contributed by atoms with E-state index in [9.17, 15) is 19.2 Å². The lowest BCUT2D eigenvalue weighted by atomic mass is 10.00. The summed E-state index contributed by atoms with van der Waals surface area (Å²) in [5.74, 6) is -0.796. The number of esters is 1. The lowest BCUT2D eigenvalue weighted by molar-refractivity contribution is -0.128. The third-order valence-electron chi connectivity index (χ3n) is 7.73. The van der Waals surface area contributed by atoms with Crippen molar-refractivity contribution in [1.82, 2.24) is 10.6 Å². The summed E-state index contributed by atoms with van der Waals surface area (Å²) in [6.45, 7) is 2.23. The van der Waals surface area contributed by atoms with Crippen LogP contribution in [-0.2, 0) is 25.7 Å². The van der Waals surface area contributed by atoms with Crippen LogP contribution in [0.4, 0.5) is 11.4 Å². The molecule has 12 heteroatoms. The van der Waals surface area contributed by atoms with Gasteiger partial charge in [0.05, 0.1) is 50.3 Å². The number of amides is 3. The van der Waals surface area contributed by atoms with Crippen molar-refractivity contribution in [1.29, 1.82) is 0 Å². The number of likely N-dealkylation sites (N-methyl/N-ethyl adjacent to an activating group) is 1. The number of hydrogen-bond donors (Lipinski definition) is 3. The number of unbranched alkanes of at least 4 members (excludes halogenated alkanes) is 1. The molecule has 3 amide bonds. The fourth-order valence-corrected chi connectivity index (χ4v) is 5.21. The molecule has 0 aromatic heterocycles. The highest BCUT2D eigenvalue weighted by Crippen LogP contribution is 2.37. The molecule has 1 heterocycles. The first-order valence-electron chi connectivity index (χ1n) is 14.3. The molecular weight excluding hydrogens is 586 g/mol. The van der Waals surface area contributed by atoms with Crippen LogP contribution in [0.25, 0.3) is 10.8 Å². The minimum absolute atomic E-state index is 0. The van der Waals surface area contributed by atoms with E-state index in [0.29, 0.717) is 47.6 Å². The number of methoxy groups -OCH3 is 2. The van der Waals surface area contributed by atoms with E-state index < -0.39 is 18.1 Å². The SMILES string of the molecule is CNC(C)C(=O)N[C@H]1CN(C(=O)CCCCN)c2ccccc2N(Cc2c(OC)ccc3cc(C(=O)OC)ccc23)C1=O.Cl. The fraction of sp³-hybridized carbons (Fsp3) is 0.375. The zero-order valence-corrected chi connectivity index (χ0v) is 26.2. The monoisotopic (exact) mass is 625 g/mol. The van der Waals surface area contributed by atoms with Crippen molar-refractivity contribution in [3.63, 3.8) is 0 Å². The maximum absolute atomic E-state index is 14.3. The molecule has 44 heavy (non-hydrogen) atoms. The Hall–Kier alpha value is -4.19. The molecule has 0 bridgehead atoms. The lowest BCUT2D eigenvalue weighted by Gasteiger charge is -2.27. The highest BCUT2D eigenvalue weighted by atomic mass is 35.5. The smallest absolute Gasteiger partial charge is 0.337 e. The summed E-state index contributed by atoms with van der Waals surface area (Å²) in [4.78, 5) is 56.2. The number of ether oxygens (including phenoxy) is 2. The molecular formula is C32H40ClN5O6. The molecule has 1 aliphatic rings. The van der Waals surface area contributed by atoms with Crippen molar-refractivity contribution >= 4 is 58.2 Å². The standard InChI is InChI=1S/C32H39N5O6.ClH/c1-20(34-2)30(39)35-25-19-36(29(38)11-7-8-16-33)26-9-5-6-10-27(26)37(31(25)40)18-24-23-14-12-22(32(41)43-4)17-21(23)13-15-28(24)42-3;/h5-6,9-10,12-15,17,20,25,34H,7-8,11,16,18-19,33H2,1-4H3,(H,35,39);1H/t20?,25-;/m0./s1. The van der Waals surface area contributed by atoms with E-state index in [1.807, 2.05) is 12.1 Å². The van der Waals surface area contributed by atoms with Crippen molar-refractivity contribution < 1.29 is 28.7 Å². The Morgan fingerprint density at radius 2 is 1.77 bits per heavy atom. The Kier molecular flexibility index (Phi) is 12.1. The van der Waals surface area contributed by atoms with E-state index in [1.54, 1.807) is 73.3 Å². The normalized spacial score (nSPS) is 15.1. The van der Waals surface area contributed by atoms with Crippen molar-refractivity contribution in [3.05, 3.63) is 65.7 Å². The maximum Gasteiger partial charge on any atom is 0.337 e. The van der Waals surface area contributed by atoms with Gasteiger partial charge in [0.25, 0.3) is 5.91 Å². The van der Waals surface area contributed by atoms with Crippen LogP contribution in [0, 0.1) is 0 Å². The Morgan fingerprint density at radius 1 is 1.05 bits per heavy atom. The molecule has 0 aliphatic carbocycles. The second-order valence-electron chi connectivity index (χ2n) is 10.4. The number of anilines is 2. The molecule has 3 aromatic rings. The summed E-state index contributed by atoms with van der Waals surface area (Å²) in [5.41, 5.74) is 7.85. The first-order chi connectivity index (χ1) is 20.7. The number of rotatable bonds is 11. The topological polar surface area (TPSA) is 143 Å². The predicted octanol–water partition coefficient (Wildman–Crippen LogP) is 3.16. The Labute approximate surface area is 263 Å². The van der Waals surface area contributed by atoms with Gasteiger partial charge in [0.1, 0.15) is 11.8 Å². The zero-order valence-electron chi connectivity index (χ0n) is 25.4. The van der Waals surface area contributed by atoms with Gasteiger partial charge >= 0.3 is 5.97 Å². The number of carbonyl (C=O) groups excluding carboxylic acids is 4. The average molecular weight is 626 g/mol. The summed E-state index contributed by atoms with van der Waals surface area (Å²) in [7, 11) is 4.54. The number of hydrogen-bond acceptors (Lipinski definition) is 8. The van der Waals surface area contributed by atoms with E-state index in [2.05, 4.69) is 10.6 Å². The quantitative estimate of drug-likeness (QED) is 0.218. The van der Waals surface area contributed by atoms with Gasteiger partial charge in [0.2, 0.25) is 11.8 Å². The molecule has 1 unspecified atom stereocenters. The van der Waals surface area contributed by atoms with Crippen LogP contribution in [0.2, 0.25) is 0 Å². The van der Waals surface area contributed by atoms with Crippen LogP contribution in [0.15, 0.2) is 54.6 Å². The summed E-state index contributed by atoms with van der Waals surface area (Å²) in [6, 6.07) is 14.5. The predicted molar refractivity (Wildman–Crippen MR) is 172 cm³/mol. The van der Waals surface area contributed by atoms with Crippen molar-refractivity contribution in [2.75, 3.05) is 44.2 Å². The van der Waals surface area contributed by atoms with Gasteiger partial charge < -0.3 is 35.6 Å². The van der Waals surface area contributed by atoms with Gasteiger partial charge in [-0.3, -0.25) is 14.4 Å². The number of nitrogens with two attached hydrogens (primary N) is 1. The van der Waals surface area contributed by atoms with E-state index in [1.165, 1.54) is 7.11 Å². The number of benzene rings is 3. The van der Waals surface area contributed by atoms with Crippen LogP contribution in [0.5, 0.6) is 5.75 Å². The third kappa shape index (κ3) is 7.29. The number of halogens is 1. The Bertz CT molecular complexity index is 1520. The number of para-hydroxylation sites is 2. The van der Waals surface area contributed by atoms with E-state index in [0.717, 1.165) is 10.8 Å². The van der Waals surface area contributed by atoms with Gasteiger partial charge in [0.15, 0.2) is 0 Å². The first-order valence-corrected chi connectivity index (χ1v) is 14.3. The Morgan fingerprint density at radius 3 is 2.43 bits per heavy atom. The number of carbonyl (C=O) groups is 4. The second-order valence-corrected chi connectivity index (χ2v) is 10.4. The van der Waals surface area contributed by atoms with Crippen LogP contribution in [0.1, 0.15) is 42.1 Å². The summed E-state index contributed by atoms with van der Waals surface area (Å²) in [5, 5.41) is 7.30. The minimum Gasteiger partial charge on any atom is -0.496 e. The van der Waals surface area contributed by atoms with Gasteiger partial charge in [-0.1, -0.05) is 24.3 Å². The van der Waals surface area contributed by atoms with Gasteiger partial charge in [-0.15, -0.1) is 12.4 Å². The molecule has 0 spiro atoms. The van der Waals surface area contributed by atoms with Gasteiger partial charge in [-0.2, -0.15) is 0 Å². The molecule has 0 saturated carbocycles. The fourth-order valence-electron chi connectivity index (χ4n) is 5.21. The van der Waals surface area contributed by atoms with Gasteiger partial charge in [-0.05, 0) is 74.5 Å². The van der Waals surface area contributed by atoms with Crippen LogP contribution in [0.3, 0.4) is 0 Å². The van der Waals surface area contributed by atoms with Crippen LogP contribution >= 0.6 is 12.4 Å². The van der Waals surface area contributed by atoms with Crippen molar-refractivity contribution in [2.24, 2.45) is 5.73 Å². The third-order valence-corrected chi connectivity index (χ3v) is 7.73. The van der Waals surface area contributed by atoms with Gasteiger partial charge in [0, 0.05) is 12.0 Å². The largest absolute Gasteiger partial charge is 0.496 e. The van der Waals surface area contributed by atoms with Crippen molar-refractivity contribution in [3.8, 4) is 5.75 Å². The summed E-state index contributed by atoms with van der Waals surface area (Å²) < 4.78 is 10.6. The zero-order chi connectivity index (χ0) is 31.1. The average Bonchev–Trinajstić information content (AvgIpc) is 3.14. The van der Waals surface area contributed by atoms with E-state index in [-0.39, 0.29) is 49.6 Å². The van der Waals surface area contributed by atoms with E-state index in [4.69, 9.17) is 15.2 Å². The summed E-state index contributed by atoms with van der Waals surface area (Å²) in [6.07, 6.45) is 1.57. The molecule has 0 fully saturated rings.